The number of hydrogen-bond donors (Lipinski definition) is 2. The minimum Gasteiger partial charge on any atom is -0.346 e. The average molecular weight is 250 g/mol. The first kappa shape index (κ1) is 15.2. The number of rotatable bonds is 3. The van der Waals surface area contributed by atoms with Gasteiger partial charge in [0.15, 0.2) is 0 Å². The summed E-state index contributed by atoms with van der Waals surface area (Å²) in [7, 11) is 0. The van der Waals surface area contributed by atoms with Crippen molar-refractivity contribution in [3.05, 3.63) is 0 Å². The Labute approximate surface area is 102 Å². The number of carbonyl (C=O) groups is 2. The summed E-state index contributed by atoms with van der Waals surface area (Å²) in [5.74, 6) is -0.294. The fourth-order valence-corrected chi connectivity index (χ4v) is 1.82. The molecule has 0 spiro atoms. The summed E-state index contributed by atoms with van der Waals surface area (Å²) in [5, 5.41) is 2.49. The maximum Gasteiger partial charge on any atom is 0.242 e. The van der Waals surface area contributed by atoms with Crippen molar-refractivity contribution < 1.29 is 9.59 Å². The van der Waals surface area contributed by atoms with Crippen LogP contribution in [0.15, 0.2) is 0 Å². The molecule has 0 radical (unpaired) electrons. The lowest BCUT2D eigenvalue weighted by molar-refractivity contribution is -0.135. The van der Waals surface area contributed by atoms with Gasteiger partial charge < -0.3 is 16.0 Å². The Balaban J connectivity index is 0.00000225. The number of carbonyl (C=O) groups excluding carboxylic acids is 2. The fourth-order valence-electron chi connectivity index (χ4n) is 1.82. The van der Waals surface area contributed by atoms with Gasteiger partial charge in [0.1, 0.15) is 0 Å². The van der Waals surface area contributed by atoms with Crippen molar-refractivity contribution in [3.63, 3.8) is 0 Å². The number of nitrogens with zero attached hydrogens (tertiary/aromatic N) is 1. The lowest BCUT2D eigenvalue weighted by Crippen LogP contribution is -2.47. The second-order valence-electron chi connectivity index (χ2n) is 3.91. The predicted octanol–water partition coefficient (Wildman–Crippen LogP) is -0.116. The lowest BCUT2D eigenvalue weighted by atomic mass is 10.0. The lowest BCUT2D eigenvalue weighted by Gasteiger charge is -2.33. The zero-order valence-electron chi connectivity index (χ0n) is 9.57. The van der Waals surface area contributed by atoms with Crippen molar-refractivity contribution in [2.75, 3.05) is 19.6 Å². The molecule has 94 valence electrons. The molecule has 0 bridgehead atoms. The van der Waals surface area contributed by atoms with Gasteiger partial charge in [0.2, 0.25) is 11.8 Å². The number of likely N-dealkylation sites (tertiary alicyclic amines) is 1. The first-order valence-corrected chi connectivity index (χ1v) is 5.41. The summed E-state index contributed by atoms with van der Waals surface area (Å²) in [4.78, 5) is 24.4. The Hall–Kier alpha value is -0.810. The van der Waals surface area contributed by atoms with Crippen LogP contribution in [0.1, 0.15) is 26.2 Å². The largest absolute Gasteiger partial charge is 0.346 e. The Kier molecular flexibility index (Phi) is 7.08. The highest BCUT2D eigenvalue weighted by Gasteiger charge is 2.22. The highest BCUT2D eigenvalue weighted by atomic mass is 35.5. The Morgan fingerprint density at radius 3 is 2.69 bits per heavy atom. The second-order valence-corrected chi connectivity index (χ2v) is 3.91. The van der Waals surface area contributed by atoms with E-state index in [0.717, 1.165) is 19.4 Å². The monoisotopic (exact) mass is 249 g/mol. The van der Waals surface area contributed by atoms with Gasteiger partial charge >= 0.3 is 0 Å². The van der Waals surface area contributed by atoms with Gasteiger partial charge in [-0.2, -0.15) is 0 Å². The van der Waals surface area contributed by atoms with E-state index in [4.69, 9.17) is 5.73 Å². The van der Waals surface area contributed by atoms with Crippen LogP contribution >= 0.6 is 12.4 Å². The Bertz CT molecular complexity index is 248. The number of nitrogens with two attached hydrogens (primary N) is 1. The maximum absolute atomic E-state index is 11.7. The number of nitrogens with one attached hydrogen (secondary N) is 1. The molecule has 1 aliphatic heterocycles. The molecule has 1 atom stereocenters. The van der Waals surface area contributed by atoms with E-state index in [1.54, 1.807) is 0 Å². The predicted molar refractivity (Wildman–Crippen MR) is 64.3 cm³/mol. The summed E-state index contributed by atoms with van der Waals surface area (Å²) in [6.07, 6.45) is 3.29. The van der Waals surface area contributed by atoms with Crippen LogP contribution in [0, 0.1) is 0 Å². The average Bonchev–Trinajstić information content (AvgIpc) is 2.26. The number of piperidine rings is 1. The highest BCUT2D eigenvalue weighted by Crippen LogP contribution is 2.15. The molecule has 1 saturated heterocycles. The Morgan fingerprint density at radius 1 is 1.44 bits per heavy atom. The van der Waals surface area contributed by atoms with Crippen molar-refractivity contribution in [1.82, 2.24) is 10.2 Å². The SMILES string of the molecule is CC1CCCCN1C(=O)CNC(=O)CN.Cl. The Morgan fingerprint density at radius 2 is 2.12 bits per heavy atom. The van der Waals surface area contributed by atoms with Gasteiger partial charge in [-0.15, -0.1) is 12.4 Å². The molecular formula is C10H20ClN3O2. The third kappa shape index (κ3) is 4.37. The molecule has 1 rings (SSSR count). The van der Waals surface area contributed by atoms with Crippen LogP contribution in [0.3, 0.4) is 0 Å². The molecule has 0 saturated carbocycles. The smallest absolute Gasteiger partial charge is 0.242 e. The fraction of sp³-hybridized carbons (Fsp3) is 0.800. The van der Waals surface area contributed by atoms with Crippen LogP contribution in [-0.2, 0) is 9.59 Å². The number of hydrogen-bond acceptors (Lipinski definition) is 3. The van der Waals surface area contributed by atoms with E-state index in [-0.39, 0.29) is 37.3 Å². The minimum absolute atomic E-state index is 0. The maximum atomic E-state index is 11.7. The zero-order valence-corrected chi connectivity index (χ0v) is 10.4. The summed E-state index contributed by atoms with van der Waals surface area (Å²) < 4.78 is 0. The van der Waals surface area contributed by atoms with Gasteiger partial charge in [0.25, 0.3) is 0 Å². The summed E-state index contributed by atoms with van der Waals surface area (Å²) in [6, 6.07) is 0.293. The summed E-state index contributed by atoms with van der Waals surface area (Å²) in [5.41, 5.74) is 5.13. The van der Waals surface area contributed by atoms with Crippen molar-refractivity contribution in [2.45, 2.75) is 32.2 Å². The standard InChI is InChI=1S/C10H19N3O2.ClH/c1-8-4-2-3-5-13(8)10(15)7-12-9(14)6-11;/h8H,2-7,11H2,1H3,(H,12,14);1H. The van der Waals surface area contributed by atoms with Gasteiger partial charge in [-0.1, -0.05) is 0 Å². The molecule has 3 N–H and O–H groups in total. The van der Waals surface area contributed by atoms with Crippen molar-refractivity contribution in [1.29, 1.82) is 0 Å². The quantitative estimate of drug-likeness (QED) is 0.733. The van der Waals surface area contributed by atoms with Gasteiger partial charge in [0.05, 0.1) is 13.1 Å². The van der Waals surface area contributed by atoms with Crippen LogP contribution < -0.4 is 11.1 Å². The van der Waals surface area contributed by atoms with Crippen molar-refractivity contribution in [3.8, 4) is 0 Å². The van der Waals surface area contributed by atoms with Gasteiger partial charge in [-0.05, 0) is 26.2 Å². The van der Waals surface area contributed by atoms with E-state index in [1.165, 1.54) is 6.42 Å². The van der Waals surface area contributed by atoms with E-state index in [0.29, 0.717) is 6.04 Å². The van der Waals surface area contributed by atoms with Crippen LogP contribution in [0.2, 0.25) is 0 Å². The van der Waals surface area contributed by atoms with Crippen molar-refractivity contribution >= 4 is 24.2 Å². The molecule has 0 aromatic carbocycles. The molecule has 1 unspecified atom stereocenters. The molecule has 6 heteroatoms. The van der Waals surface area contributed by atoms with E-state index in [2.05, 4.69) is 5.32 Å². The topological polar surface area (TPSA) is 75.4 Å². The molecule has 0 aromatic rings. The molecule has 5 nitrogen and oxygen atoms in total. The minimum atomic E-state index is -0.284. The third-order valence-electron chi connectivity index (χ3n) is 2.75. The molecule has 2 amide bonds. The second kappa shape index (κ2) is 7.46. The molecule has 1 aliphatic rings. The third-order valence-corrected chi connectivity index (χ3v) is 2.75. The van der Waals surface area contributed by atoms with Crippen LogP contribution in [0.5, 0.6) is 0 Å². The van der Waals surface area contributed by atoms with Gasteiger partial charge in [-0.3, -0.25) is 9.59 Å². The van der Waals surface area contributed by atoms with Crippen LogP contribution in [-0.4, -0.2) is 42.4 Å². The first-order chi connectivity index (χ1) is 7.15. The van der Waals surface area contributed by atoms with E-state index in [1.807, 2.05) is 11.8 Å². The van der Waals surface area contributed by atoms with E-state index >= 15 is 0 Å². The zero-order chi connectivity index (χ0) is 11.3. The molecule has 16 heavy (non-hydrogen) atoms. The van der Waals surface area contributed by atoms with E-state index < -0.39 is 0 Å². The summed E-state index contributed by atoms with van der Waals surface area (Å²) in [6.45, 7) is 2.85. The molecular weight excluding hydrogens is 230 g/mol. The molecule has 0 aliphatic carbocycles. The molecule has 1 fully saturated rings. The van der Waals surface area contributed by atoms with Gasteiger partial charge in [0, 0.05) is 12.6 Å². The normalized spacial score (nSPS) is 19.9. The van der Waals surface area contributed by atoms with Crippen LogP contribution in [0.4, 0.5) is 0 Å². The molecule has 1 heterocycles. The molecule has 0 aromatic heterocycles. The summed E-state index contributed by atoms with van der Waals surface area (Å²) >= 11 is 0. The van der Waals surface area contributed by atoms with Gasteiger partial charge in [-0.25, -0.2) is 0 Å². The van der Waals surface area contributed by atoms with Crippen molar-refractivity contribution in [2.24, 2.45) is 5.73 Å². The first-order valence-electron chi connectivity index (χ1n) is 5.41. The number of amides is 2. The number of halogens is 1. The highest BCUT2D eigenvalue weighted by molar-refractivity contribution is 5.86. The van der Waals surface area contributed by atoms with E-state index in [9.17, 15) is 9.59 Å². The van der Waals surface area contributed by atoms with Crippen LogP contribution in [0.25, 0.3) is 0 Å².